The van der Waals surface area contributed by atoms with Crippen LogP contribution in [0.15, 0.2) is 42.7 Å². The number of nitrogens with zero attached hydrogens (tertiary/aromatic N) is 2. The van der Waals surface area contributed by atoms with Crippen LogP contribution in [0.5, 0.6) is 5.75 Å². The minimum atomic E-state index is -0.919. The monoisotopic (exact) mass is 442 g/mol. The maximum Gasteiger partial charge on any atom is 0.274 e. The first-order valence-electron chi connectivity index (χ1n) is 10.1. The van der Waals surface area contributed by atoms with Gasteiger partial charge < -0.3 is 20.9 Å². The summed E-state index contributed by atoms with van der Waals surface area (Å²) in [6.45, 7) is 3.77. The summed E-state index contributed by atoms with van der Waals surface area (Å²) in [5.41, 5.74) is 7.22. The molecule has 2 unspecified atom stereocenters. The zero-order valence-corrected chi connectivity index (χ0v) is 17.9. The third-order valence-electron chi connectivity index (χ3n) is 5.87. The van der Waals surface area contributed by atoms with E-state index in [-0.39, 0.29) is 23.7 Å². The Labute approximate surface area is 183 Å². The first-order valence-corrected chi connectivity index (χ1v) is 10.1. The molecule has 1 heterocycles. The molecule has 0 spiro atoms. The molecule has 168 valence electrons. The van der Waals surface area contributed by atoms with E-state index >= 15 is 0 Å². The van der Waals surface area contributed by atoms with Crippen molar-refractivity contribution in [2.45, 2.75) is 37.8 Å². The number of carbonyl (C=O) groups excluding carboxylic acids is 1. The molecule has 1 aliphatic rings. The third kappa shape index (κ3) is 3.58. The molecule has 4 rings (SSSR count). The second-order valence-electron chi connectivity index (χ2n) is 8.48. The summed E-state index contributed by atoms with van der Waals surface area (Å²) in [4.78, 5) is 17.1. The topological polar surface area (TPSA) is 102 Å². The fourth-order valence-corrected chi connectivity index (χ4v) is 4.40. The Balaban J connectivity index is 1.68. The first kappa shape index (κ1) is 21.8. The Kier molecular flexibility index (Phi) is 5.37. The van der Waals surface area contributed by atoms with Crippen molar-refractivity contribution in [2.75, 3.05) is 12.8 Å². The molecule has 0 aliphatic heterocycles. The van der Waals surface area contributed by atoms with E-state index in [1.54, 1.807) is 6.07 Å². The standard InChI is InChI=1S/C23H24F2N4O3/c1-23(2)10-16(30)18(14-8-9-15(25)20(32-3)17(14)23)28-22(31)19-21(26)29(11-27-19)13-6-4-12(24)5-7-13/h4-9,11,16,18,30H,10,26H2,1-3H3,(H,28,31). The van der Waals surface area contributed by atoms with Crippen molar-refractivity contribution >= 4 is 11.7 Å². The SMILES string of the molecule is COc1c(F)ccc2c1C(C)(C)CC(O)C2NC(=O)c1ncn(-c2ccc(F)cc2)c1N. The molecule has 0 saturated carbocycles. The maximum atomic E-state index is 14.4. The summed E-state index contributed by atoms with van der Waals surface area (Å²) in [5, 5.41) is 13.6. The van der Waals surface area contributed by atoms with Crippen LogP contribution in [0.2, 0.25) is 0 Å². The van der Waals surface area contributed by atoms with E-state index in [1.165, 1.54) is 48.3 Å². The number of fused-ring (bicyclic) bond motifs is 1. The van der Waals surface area contributed by atoms with Crippen LogP contribution in [0, 0.1) is 11.6 Å². The smallest absolute Gasteiger partial charge is 0.274 e. The number of nitrogen functional groups attached to an aromatic ring is 1. The lowest BCUT2D eigenvalue weighted by molar-refractivity contribution is 0.0679. The maximum absolute atomic E-state index is 14.4. The van der Waals surface area contributed by atoms with Crippen LogP contribution in [-0.2, 0) is 5.41 Å². The molecule has 1 aliphatic carbocycles. The minimum Gasteiger partial charge on any atom is -0.493 e. The van der Waals surface area contributed by atoms with Crippen molar-refractivity contribution in [2.24, 2.45) is 0 Å². The molecular formula is C23H24F2N4O3. The quantitative estimate of drug-likeness (QED) is 0.576. The van der Waals surface area contributed by atoms with Gasteiger partial charge in [-0.05, 0) is 47.7 Å². The highest BCUT2D eigenvalue weighted by atomic mass is 19.1. The number of nitrogens with one attached hydrogen (secondary N) is 1. The van der Waals surface area contributed by atoms with Gasteiger partial charge in [-0.1, -0.05) is 19.9 Å². The van der Waals surface area contributed by atoms with Gasteiger partial charge in [0.15, 0.2) is 17.3 Å². The number of amides is 1. The van der Waals surface area contributed by atoms with Crippen LogP contribution in [0.1, 0.15) is 47.9 Å². The van der Waals surface area contributed by atoms with Gasteiger partial charge in [-0.2, -0.15) is 0 Å². The average Bonchev–Trinajstić information content (AvgIpc) is 3.12. The molecule has 1 amide bonds. The summed E-state index contributed by atoms with van der Waals surface area (Å²) in [6, 6.07) is 7.56. The fraction of sp³-hybridized carbons (Fsp3) is 0.304. The van der Waals surface area contributed by atoms with Gasteiger partial charge in [-0.15, -0.1) is 0 Å². The molecule has 4 N–H and O–H groups in total. The number of halogens is 2. The van der Waals surface area contributed by atoms with Crippen LogP contribution in [0.25, 0.3) is 5.69 Å². The van der Waals surface area contributed by atoms with E-state index in [9.17, 15) is 18.7 Å². The van der Waals surface area contributed by atoms with E-state index in [0.29, 0.717) is 16.8 Å². The van der Waals surface area contributed by atoms with Gasteiger partial charge >= 0.3 is 0 Å². The molecule has 0 radical (unpaired) electrons. The number of nitrogens with two attached hydrogens (primary N) is 1. The van der Waals surface area contributed by atoms with Gasteiger partial charge in [0.2, 0.25) is 0 Å². The molecule has 7 nitrogen and oxygen atoms in total. The van der Waals surface area contributed by atoms with Crippen LogP contribution in [-0.4, -0.2) is 33.8 Å². The number of aliphatic hydroxyl groups excluding tert-OH is 1. The second-order valence-corrected chi connectivity index (χ2v) is 8.48. The lowest BCUT2D eigenvalue weighted by atomic mass is 9.69. The first-order chi connectivity index (χ1) is 15.1. The Morgan fingerprint density at radius 3 is 2.59 bits per heavy atom. The van der Waals surface area contributed by atoms with Crippen molar-refractivity contribution in [1.82, 2.24) is 14.9 Å². The van der Waals surface area contributed by atoms with Crippen molar-refractivity contribution < 1.29 is 23.4 Å². The summed E-state index contributed by atoms with van der Waals surface area (Å²) in [5.74, 6) is -1.34. The van der Waals surface area contributed by atoms with Gasteiger partial charge in [-0.3, -0.25) is 9.36 Å². The number of rotatable bonds is 4. The van der Waals surface area contributed by atoms with E-state index in [4.69, 9.17) is 10.5 Å². The molecule has 0 saturated heterocycles. The van der Waals surface area contributed by atoms with Crippen molar-refractivity contribution in [1.29, 1.82) is 0 Å². The zero-order chi connectivity index (χ0) is 23.2. The lowest BCUT2D eigenvalue weighted by Crippen LogP contribution is -2.44. The number of aromatic nitrogens is 2. The molecule has 1 aromatic heterocycles. The molecule has 3 aromatic rings. The van der Waals surface area contributed by atoms with Gasteiger partial charge in [-0.25, -0.2) is 13.8 Å². The summed E-state index contributed by atoms with van der Waals surface area (Å²) in [6.07, 6.45) is 0.728. The predicted molar refractivity (Wildman–Crippen MR) is 115 cm³/mol. The Morgan fingerprint density at radius 1 is 1.25 bits per heavy atom. The Morgan fingerprint density at radius 2 is 1.94 bits per heavy atom. The summed E-state index contributed by atoms with van der Waals surface area (Å²) in [7, 11) is 1.39. The van der Waals surface area contributed by atoms with Gasteiger partial charge in [0.25, 0.3) is 5.91 Å². The van der Waals surface area contributed by atoms with E-state index in [0.717, 1.165) is 0 Å². The fourth-order valence-electron chi connectivity index (χ4n) is 4.40. The molecular weight excluding hydrogens is 418 g/mol. The number of ether oxygens (including phenoxy) is 1. The molecule has 2 atom stereocenters. The number of hydrogen-bond donors (Lipinski definition) is 3. The molecule has 2 aromatic carbocycles. The van der Waals surface area contributed by atoms with Crippen molar-refractivity contribution in [3.8, 4) is 11.4 Å². The Hall–Kier alpha value is -3.46. The van der Waals surface area contributed by atoms with Gasteiger partial charge in [0.1, 0.15) is 18.0 Å². The predicted octanol–water partition coefficient (Wildman–Crippen LogP) is 3.25. The zero-order valence-electron chi connectivity index (χ0n) is 17.9. The number of methoxy groups -OCH3 is 1. The molecule has 0 bridgehead atoms. The molecule has 32 heavy (non-hydrogen) atoms. The second kappa shape index (κ2) is 7.90. The number of carbonyl (C=O) groups is 1. The third-order valence-corrected chi connectivity index (χ3v) is 5.87. The average molecular weight is 442 g/mol. The number of anilines is 1. The number of aliphatic hydroxyl groups is 1. The Bertz CT molecular complexity index is 1170. The van der Waals surface area contributed by atoms with Crippen molar-refractivity contribution in [3.05, 3.63) is 71.2 Å². The number of imidazole rings is 1. The molecule has 9 heteroatoms. The number of hydrogen-bond acceptors (Lipinski definition) is 5. The van der Waals surface area contributed by atoms with E-state index in [1.807, 2.05) is 13.8 Å². The van der Waals surface area contributed by atoms with E-state index in [2.05, 4.69) is 10.3 Å². The van der Waals surface area contributed by atoms with Gasteiger partial charge in [0, 0.05) is 11.3 Å². The van der Waals surface area contributed by atoms with Crippen LogP contribution >= 0.6 is 0 Å². The van der Waals surface area contributed by atoms with E-state index < -0.39 is 35.1 Å². The summed E-state index contributed by atoms with van der Waals surface area (Å²) >= 11 is 0. The number of benzene rings is 2. The minimum absolute atomic E-state index is 0.0398. The normalized spacial score (nSPS) is 19.3. The highest BCUT2D eigenvalue weighted by Crippen LogP contribution is 2.47. The van der Waals surface area contributed by atoms with Gasteiger partial charge in [0.05, 0.1) is 19.3 Å². The highest BCUT2D eigenvalue weighted by molar-refractivity contribution is 5.97. The largest absolute Gasteiger partial charge is 0.493 e. The van der Waals surface area contributed by atoms with Crippen LogP contribution < -0.4 is 15.8 Å². The lowest BCUT2D eigenvalue weighted by Gasteiger charge is -2.41. The summed E-state index contributed by atoms with van der Waals surface area (Å²) < 4.78 is 34.4. The highest BCUT2D eigenvalue weighted by Gasteiger charge is 2.42. The van der Waals surface area contributed by atoms with Crippen molar-refractivity contribution in [3.63, 3.8) is 0 Å². The van der Waals surface area contributed by atoms with Crippen LogP contribution in [0.3, 0.4) is 0 Å². The molecule has 0 fully saturated rings. The van der Waals surface area contributed by atoms with Crippen LogP contribution in [0.4, 0.5) is 14.6 Å².